The number of aliphatic hydroxyl groups is 1. The third kappa shape index (κ3) is 4.75. The lowest BCUT2D eigenvalue weighted by atomic mass is 9.71. The zero-order valence-corrected chi connectivity index (χ0v) is 13.0. The molecule has 0 spiro atoms. The van der Waals surface area contributed by atoms with Crippen LogP contribution in [-0.4, -0.2) is 24.3 Å². The monoisotopic (exact) mass is 267 g/mol. The first-order valence-electron chi connectivity index (χ1n) is 8.47. The summed E-state index contributed by atoms with van der Waals surface area (Å²) in [7, 11) is 0. The van der Waals surface area contributed by atoms with Crippen LogP contribution in [0.3, 0.4) is 0 Å². The normalized spacial score (nSPS) is 30.5. The van der Waals surface area contributed by atoms with E-state index in [0.717, 1.165) is 37.8 Å². The molecule has 2 N–H and O–H groups in total. The maximum absolute atomic E-state index is 9.53. The molecule has 0 radical (unpaired) electrons. The first-order valence-corrected chi connectivity index (χ1v) is 8.47. The Kier molecular flexibility index (Phi) is 5.70. The second-order valence-corrected chi connectivity index (χ2v) is 7.63. The Morgan fingerprint density at radius 3 is 2.21 bits per heavy atom. The highest BCUT2D eigenvalue weighted by molar-refractivity contribution is 4.83. The molecule has 2 nitrogen and oxygen atoms in total. The molecule has 112 valence electrons. The van der Waals surface area contributed by atoms with Gasteiger partial charge in [0, 0.05) is 6.54 Å². The highest BCUT2D eigenvalue weighted by Gasteiger charge is 2.30. The standard InChI is InChI=1S/C17H33NO/c1-17(2,15-6-4-3-5-7-15)13-18-12-14-8-10-16(19)11-9-14/h14-16,18-19H,3-13H2,1-2H3. The molecule has 2 aliphatic carbocycles. The molecular weight excluding hydrogens is 234 g/mol. The molecular formula is C17H33NO. The molecule has 0 aromatic rings. The van der Waals surface area contributed by atoms with Crippen LogP contribution in [0.5, 0.6) is 0 Å². The van der Waals surface area contributed by atoms with E-state index in [0.29, 0.717) is 5.41 Å². The highest BCUT2D eigenvalue weighted by Crippen LogP contribution is 2.37. The van der Waals surface area contributed by atoms with Gasteiger partial charge in [-0.05, 0) is 62.3 Å². The summed E-state index contributed by atoms with van der Waals surface area (Å²) >= 11 is 0. The van der Waals surface area contributed by atoms with Crippen LogP contribution < -0.4 is 5.32 Å². The van der Waals surface area contributed by atoms with Crippen LogP contribution in [0.4, 0.5) is 0 Å². The molecule has 2 heteroatoms. The lowest BCUT2D eigenvalue weighted by molar-refractivity contribution is 0.104. The van der Waals surface area contributed by atoms with Crippen molar-refractivity contribution < 1.29 is 5.11 Å². The Morgan fingerprint density at radius 1 is 0.947 bits per heavy atom. The van der Waals surface area contributed by atoms with Gasteiger partial charge < -0.3 is 10.4 Å². The van der Waals surface area contributed by atoms with Crippen LogP contribution in [0.2, 0.25) is 0 Å². The Balaban J connectivity index is 1.66. The SMILES string of the molecule is CC(C)(CNCC1CCC(O)CC1)C1CCCCC1. The zero-order chi connectivity index (χ0) is 13.7. The third-order valence-corrected chi connectivity index (χ3v) is 5.54. The molecule has 0 atom stereocenters. The van der Waals surface area contributed by atoms with Crippen LogP contribution in [0.15, 0.2) is 0 Å². The lowest BCUT2D eigenvalue weighted by Crippen LogP contribution is -2.39. The van der Waals surface area contributed by atoms with E-state index in [1.165, 1.54) is 44.9 Å². The Labute approximate surface area is 119 Å². The number of nitrogens with one attached hydrogen (secondary N) is 1. The van der Waals surface area contributed by atoms with E-state index in [1.807, 2.05) is 0 Å². The predicted molar refractivity (Wildman–Crippen MR) is 81.2 cm³/mol. The molecule has 0 aliphatic heterocycles. The fourth-order valence-electron chi connectivity index (χ4n) is 3.98. The van der Waals surface area contributed by atoms with Crippen LogP contribution in [0.1, 0.15) is 71.6 Å². The molecule has 2 saturated carbocycles. The molecule has 0 amide bonds. The van der Waals surface area contributed by atoms with Crippen molar-refractivity contribution in [2.24, 2.45) is 17.3 Å². The first-order chi connectivity index (χ1) is 9.08. The van der Waals surface area contributed by atoms with Crippen molar-refractivity contribution in [1.82, 2.24) is 5.32 Å². The summed E-state index contributed by atoms with van der Waals surface area (Å²) in [6.07, 6.45) is 11.6. The van der Waals surface area contributed by atoms with Crippen LogP contribution in [0.25, 0.3) is 0 Å². The summed E-state index contributed by atoms with van der Waals surface area (Å²) < 4.78 is 0. The maximum Gasteiger partial charge on any atom is 0.0540 e. The van der Waals surface area contributed by atoms with Gasteiger partial charge in [0.25, 0.3) is 0 Å². The van der Waals surface area contributed by atoms with Crippen molar-refractivity contribution in [2.75, 3.05) is 13.1 Å². The van der Waals surface area contributed by atoms with Gasteiger partial charge in [0.15, 0.2) is 0 Å². The summed E-state index contributed by atoms with van der Waals surface area (Å²) in [6.45, 7) is 7.21. The average molecular weight is 267 g/mol. The van der Waals surface area contributed by atoms with Crippen molar-refractivity contribution in [1.29, 1.82) is 0 Å². The topological polar surface area (TPSA) is 32.3 Å². The van der Waals surface area contributed by atoms with E-state index in [9.17, 15) is 5.11 Å². The van der Waals surface area contributed by atoms with E-state index >= 15 is 0 Å². The van der Waals surface area contributed by atoms with Crippen molar-refractivity contribution in [3.63, 3.8) is 0 Å². The second kappa shape index (κ2) is 7.08. The molecule has 0 saturated heterocycles. The summed E-state index contributed by atoms with van der Waals surface area (Å²) in [5, 5.41) is 13.3. The van der Waals surface area contributed by atoms with Crippen LogP contribution in [-0.2, 0) is 0 Å². The van der Waals surface area contributed by atoms with E-state index in [1.54, 1.807) is 0 Å². The van der Waals surface area contributed by atoms with Gasteiger partial charge in [-0.15, -0.1) is 0 Å². The number of rotatable bonds is 5. The Hall–Kier alpha value is -0.0800. The molecule has 0 unspecified atom stereocenters. The van der Waals surface area contributed by atoms with Gasteiger partial charge in [0.1, 0.15) is 0 Å². The highest BCUT2D eigenvalue weighted by atomic mass is 16.3. The molecule has 0 bridgehead atoms. The molecule has 0 aromatic carbocycles. The summed E-state index contributed by atoms with van der Waals surface area (Å²) in [5.74, 6) is 1.72. The average Bonchev–Trinajstić information content (AvgIpc) is 2.42. The molecule has 0 heterocycles. The Morgan fingerprint density at radius 2 is 1.58 bits per heavy atom. The minimum atomic E-state index is -0.0186. The lowest BCUT2D eigenvalue weighted by Gasteiger charge is -2.38. The number of hydrogen-bond acceptors (Lipinski definition) is 2. The Bertz CT molecular complexity index is 250. The van der Waals surface area contributed by atoms with Gasteiger partial charge in [0.05, 0.1) is 6.10 Å². The van der Waals surface area contributed by atoms with E-state index < -0.39 is 0 Å². The zero-order valence-electron chi connectivity index (χ0n) is 13.0. The minimum Gasteiger partial charge on any atom is -0.393 e. The van der Waals surface area contributed by atoms with Gasteiger partial charge in [-0.1, -0.05) is 33.1 Å². The van der Waals surface area contributed by atoms with Crippen molar-refractivity contribution in [3.05, 3.63) is 0 Å². The van der Waals surface area contributed by atoms with E-state index in [-0.39, 0.29) is 6.10 Å². The quantitative estimate of drug-likeness (QED) is 0.795. The minimum absolute atomic E-state index is 0.0186. The largest absolute Gasteiger partial charge is 0.393 e. The molecule has 19 heavy (non-hydrogen) atoms. The van der Waals surface area contributed by atoms with Crippen molar-refractivity contribution >= 4 is 0 Å². The fourth-order valence-corrected chi connectivity index (χ4v) is 3.98. The smallest absolute Gasteiger partial charge is 0.0540 e. The van der Waals surface area contributed by atoms with Gasteiger partial charge >= 0.3 is 0 Å². The van der Waals surface area contributed by atoms with E-state index in [4.69, 9.17) is 0 Å². The number of aliphatic hydroxyl groups excluding tert-OH is 1. The molecule has 2 fully saturated rings. The fraction of sp³-hybridized carbons (Fsp3) is 1.00. The van der Waals surface area contributed by atoms with Crippen molar-refractivity contribution in [3.8, 4) is 0 Å². The van der Waals surface area contributed by atoms with Gasteiger partial charge in [-0.3, -0.25) is 0 Å². The third-order valence-electron chi connectivity index (χ3n) is 5.54. The van der Waals surface area contributed by atoms with Gasteiger partial charge in [-0.25, -0.2) is 0 Å². The van der Waals surface area contributed by atoms with Gasteiger partial charge in [-0.2, -0.15) is 0 Å². The predicted octanol–water partition coefficient (Wildman–Crippen LogP) is 3.73. The summed E-state index contributed by atoms with van der Waals surface area (Å²) in [6, 6.07) is 0. The number of hydrogen-bond donors (Lipinski definition) is 2. The molecule has 0 aromatic heterocycles. The van der Waals surface area contributed by atoms with Crippen LogP contribution >= 0.6 is 0 Å². The summed E-state index contributed by atoms with van der Waals surface area (Å²) in [5.41, 5.74) is 0.453. The second-order valence-electron chi connectivity index (χ2n) is 7.63. The molecule has 2 aliphatic rings. The first kappa shape index (κ1) is 15.3. The van der Waals surface area contributed by atoms with Crippen molar-refractivity contribution in [2.45, 2.75) is 77.7 Å². The van der Waals surface area contributed by atoms with E-state index in [2.05, 4.69) is 19.2 Å². The molecule has 2 rings (SSSR count). The van der Waals surface area contributed by atoms with Gasteiger partial charge in [0.2, 0.25) is 0 Å². The maximum atomic E-state index is 9.53. The van der Waals surface area contributed by atoms with Crippen LogP contribution in [0, 0.1) is 17.3 Å². The summed E-state index contributed by atoms with van der Waals surface area (Å²) in [4.78, 5) is 0.